The highest BCUT2D eigenvalue weighted by molar-refractivity contribution is 5.92. The number of Topliss-reactive ketones (excluding diaryl/α,β-unsaturated/α-hetero) is 1. The van der Waals surface area contributed by atoms with Crippen LogP contribution in [0.3, 0.4) is 0 Å². The molecule has 1 saturated carbocycles. The first-order valence-electron chi connectivity index (χ1n) is 12.0. The van der Waals surface area contributed by atoms with Crippen LogP contribution in [0.4, 0.5) is 0 Å². The zero-order chi connectivity index (χ0) is 22.8. The molecule has 1 spiro atoms. The molecular weight excluding hydrogens is 418 g/mol. The molecule has 4 aliphatic rings. The molecule has 7 nitrogen and oxygen atoms in total. The molecule has 0 aromatic heterocycles. The Kier molecular flexibility index (Phi) is 6.06. The first kappa shape index (κ1) is 21.9. The number of fused-ring (bicyclic) bond motifs is 3. The number of rotatable bonds is 0. The van der Waals surface area contributed by atoms with Crippen LogP contribution in [-0.4, -0.2) is 66.3 Å². The molecule has 7 heteroatoms. The van der Waals surface area contributed by atoms with Crippen LogP contribution in [0.15, 0.2) is 36.4 Å². The SMILES string of the molecule is O=C1CCC23/C=C\C(=O)NCCCCN4CCCN(C4)C(=O)/C=C\c4ccc(c2c4)OC3C1. The topological polar surface area (TPSA) is 79.0 Å². The predicted molar refractivity (Wildman–Crippen MR) is 125 cm³/mol. The number of hydrogen-bond acceptors (Lipinski definition) is 5. The fourth-order valence-corrected chi connectivity index (χ4v) is 5.46. The molecule has 1 aromatic rings. The first-order valence-corrected chi connectivity index (χ1v) is 12.0. The van der Waals surface area contributed by atoms with Gasteiger partial charge in [-0.15, -0.1) is 0 Å². The number of hydrogen-bond donors (Lipinski definition) is 1. The number of benzene rings is 1. The second-order valence-corrected chi connectivity index (χ2v) is 9.52. The van der Waals surface area contributed by atoms with Gasteiger partial charge >= 0.3 is 0 Å². The highest BCUT2D eigenvalue weighted by Gasteiger charge is 2.50. The third-order valence-corrected chi connectivity index (χ3v) is 7.32. The number of ketones is 1. The second kappa shape index (κ2) is 9.14. The van der Waals surface area contributed by atoms with Gasteiger partial charge in [0.25, 0.3) is 0 Å². The van der Waals surface area contributed by atoms with E-state index in [4.69, 9.17) is 4.74 Å². The molecule has 1 saturated heterocycles. The molecule has 4 bridgehead atoms. The Balaban J connectivity index is 1.49. The molecule has 1 aliphatic carbocycles. The number of nitrogens with one attached hydrogen (secondary N) is 1. The van der Waals surface area contributed by atoms with Crippen LogP contribution in [0.2, 0.25) is 0 Å². The highest BCUT2D eigenvalue weighted by atomic mass is 16.5. The molecule has 3 heterocycles. The van der Waals surface area contributed by atoms with Gasteiger partial charge in [-0.2, -0.15) is 0 Å². The van der Waals surface area contributed by atoms with E-state index in [2.05, 4.69) is 10.2 Å². The fraction of sp³-hybridized carbons (Fsp3) is 0.500. The average Bonchev–Trinajstić information content (AvgIpc) is 3.13. The van der Waals surface area contributed by atoms with Crippen molar-refractivity contribution in [2.24, 2.45) is 0 Å². The molecule has 3 unspecified atom stereocenters. The summed E-state index contributed by atoms with van der Waals surface area (Å²) < 4.78 is 6.19. The lowest BCUT2D eigenvalue weighted by Gasteiger charge is -2.35. The normalized spacial score (nSPS) is 32.1. The van der Waals surface area contributed by atoms with E-state index in [1.807, 2.05) is 35.3 Å². The van der Waals surface area contributed by atoms with Crippen LogP contribution >= 0.6 is 0 Å². The number of carbonyl (C=O) groups is 3. The summed E-state index contributed by atoms with van der Waals surface area (Å²) in [5, 5.41) is 2.99. The third-order valence-electron chi connectivity index (χ3n) is 7.32. The lowest BCUT2D eigenvalue weighted by atomic mass is 9.68. The minimum atomic E-state index is -0.507. The summed E-state index contributed by atoms with van der Waals surface area (Å²) >= 11 is 0. The number of ether oxygens (including phenoxy) is 1. The van der Waals surface area contributed by atoms with Crippen molar-refractivity contribution in [3.8, 4) is 5.75 Å². The van der Waals surface area contributed by atoms with Crippen molar-refractivity contribution in [3.63, 3.8) is 0 Å². The van der Waals surface area contributed by atoms with Gasteiger partial charge in [-0.05, 0) is 62.1 Å². The van der Waals surface area contributed by atoms with Crippen LogP contribution in [0.25, 0.3) is 6.08 Å². The van der Waals surface area contributed by atoms with Crippen molar-refractivity contribution >= 4 is 23.7 Å². The van der Waals surface area contributed by atoms with Gasteiger partial charge in [0.2, 0.25) is 11.8 Å². The van der Waals surface area contributed by atoms with Crippen molar-refractivity contribution < 1.29 is 19.1 Å². The summed E-state index contributed by atoms with van der Waals surface area (Å²) in [4.78, 5) is 41.8. The molecule has 174 valence electrons. The summed E-state index contributed by atoms with van der Waals surface area (Å²) in [6, 6.07) is 5.90. The standard InChI is InChI=1S/C26H31N3O4/c30-20-8-10-26-11-9-24(31)27-12-1-2-13-28-14-3-15-29(18-28)25(32)7-5-19-4-6-22(21(26)16-19)33-23(26)17-20/h4-7,9,11,16,23H,1-3,8,10,12-15,17-18H2,(H,27,31)/b7-5-,11-9-. The molecule has 1 N–H and O–H groups in total. The summed E-state index contributed by atoms with van der Waals surface area (Å²) in [5.41, 5.74) is 1.40. The van der Waals surface area contributed by atoms with Gasteiger partial charge in [0.15, 0.2) is 0 Å². The smallest absolute Gasteiger partial charge is 0.247 e. The molecule has 5 rings (SSSR count). The maximum atomic E-state index is 12.8. The Morgan fingerprint density at radius 2 is 1.88 bits per heavy atom. The Bertz CT molecular complexity index is 1020. The predicted octanol–water partition coefficient (Wildman–Crippen LogP) is 2.41. The number of carbonyl (C=O) groups excluding carboxylic acids is 3. The summed E-state index contributed by atoms with van der Waals surface area (Å²) in [5.74, 6) is 0.863. The van der Waals surface area contributed by atoms with Crippen LogP contribution in [0.5, 0.6) is 5.75 Å². The van der Waals surface area contributed by atoms with Crippen LogP contribution in [0, 0.1) is 0 Å². The van der Waals surface area contributed by atoms with Crippen molar-refractivity contribution in [1.82, 2.24) is 15.1 Å². The van der Waals surface area contributed by atoms with Crippen molar-refractivity contribution in [2.45, 2.75) is 50.0 Å². The van der Waals surface area contributed by atoms with Crippen molar-refractivity contribution in [1.29, 1.82) is 0 Å². The van der Waals surface area contributed by atoms with E-state index in [9.17, 15) is 14.4 Å². The summed E-state index contributed by atoms with van der Waals surface area (Å²) in [7, 11) is 0. The molecule has 2 fully saturated rings. The van der Waals surface area contributed by atoms with Gasteiger partial charge in [-0.25, -0.2) is 0 Å². The minimum Gasteiger partial charge on any atom is -0.488 e. The molecule has 0 radical (unpaired) electrons. The molecule has 1 aromatic carbocycles. The molecule has 3 atom stereocenters. The monoisotopic (exact) mass is 449 g/mol. The van der Waals surface area contributed by atoms with E-state index in [0.717, 1.165) is 55.8 Å². The summed E-state index contributed by atoms with van der Waals surface area (Å²) in [6.07, 6.45) is 11.0. The Morgan fingerprint density at radius 1 is 1.00 bits per heavy atom. The van der Waals surface area contributed by atoms with Gasteiger partial charge in [-0.1, -0.05) is 12.1 Å². The third kappa shape index (κ3) is 4.47. The molecule has 3 aliphatic heterocycles. The fourth-order valence-electron chi connectivity index (χ4n) is 5.46. The molecule has 33 heavy (non-hydrogen) atoms. The lowest BCUT2D eigenvalue weighted by Crippen LogP contribution is -2.47. The van der Waals surface area contributed by atoms with Gasteiger partial charge in [0, 0.05) is 44.1 Å². The molecule has 2 amide bonds. The van der Waals surface area contributed by atoms with Gasteiger partial charge in [0.1, 0.15) is 17.6 Å². The Hall–Kier alpha value is -2.93. The zero-order valence-corrected chi connectivity index (χ0v) is 18.9. The Labute approximate surface area is 194 Å². The van der Waals surface area contributed by atoms with Gasteiger partial charge < -0.3 is 15.0 Å². The van der Waals surface area contributed by atoms with Crippen molar-refractivity contribution in [3.05, 3.63) is 47.6 Å². The Morgan fingerprint density at radius 3 is 2.79 bits per heavy atom. The van der Waals surface area contributed by atoms with E-state index in [1.54, 1.807) is 12.2 Å². The van der Waals surface area contributed by atoms with Crippen LogP contribution < -0.4 is 10.1 Å². The van der Waals surface area contributed by atoms with Gasteiger partial charge in [0.05, 0.1) is 12.1 Å². The van der Waals surface area contributed by atoms with E-state index in [-0.39, 0.29) is 23.7 Å². The van der Waals surface area contributed by atoms with E-state index < -0.39 is 5.41 Å². The zero-order valence-electron chi connectivity index (χ0n) is 18.9. The van der Waals surface area contributed by atoms with E-state index >= 15 is 0 Å². The maximum Gasteiger partial charge on any atom is 0.247 e. The highest BCUT2D eigenvalue weighted by Crippen LogP contribution is 2.51. The number of nitrogens with zero attached hydrogens (tertiary/aromatic N) is 2. The maximum absolute atomic E-state index is 12.8. The first-order chi connectivity index (χ1) is 16.0. The lowest BCUT2D eigenvalue weighted by molar-refractivity contribution is -0.130. The average molecular weight is 450 g/mol. The minimum absolute atomic E-state index is 0.0283. The largest absolute Gasteiger partial charge is 0.488 e. The van der Waals surface area contributed by atoms with E-state index in [0.29, 0.717) is 32.5 Å². The van der Waals surface area contributed by atoms with Crippen LogP contribution in [0.1, 0.15) is 49.7 Å². The second-order valence-electron chi connectivity index (χ2n) is 9.52. The summed E-state index contributed by atoms with van der Waals surface area (Å²) in [6.45, 7) is 3.96. The number of amides is 2. The van der Waals surface area contributed by atoms with Crippen LogP contribution in [-0.2, 0) is 19.8 Å². The van der Waals surface area contributed by atoms with E-state index in [1.165, 1.54) is 0 Å². The quantitative estimate of drug-likeness (QED) is 0.658. The van der Waals surface area contributed by atoms with Gasteiger partial charge in [-0.3, -0.25) is 19.3 Å². The van der Waals surface area contributed by atoms with Crippen molar-refractivity contribution in [2.75, 3.05) is 32.8 Å². The molecular formula is C26H31N3O4.